The molecule has 0 amide bonds. The average molecular weight is 237 g/mol. The van der Waals surface area contributed by atoms with Gasteiger partial charge in [-0.3, -0.25) is 4.79 Å². The van der Waals surface area contributed by atoms with Gasteiger partial charge in [-0.1, -0.05) is 23.7 Å². The van der Waals surface area contributed by atoms with Crippen LogP contribution in [-0.2, 0) is 4.79 Å². The van der Waals surface area contributed by atoms with E-state index in [0.717, 1.165) is 12.0 Å². The van der Waals surface area contributed by atoms with Gasteiger partial charge in [-0.05, 0) is 29.7 Å². The van der Waals surface area contributed by atoms with Crippen molar-refractivity contribution in [2.24, 2.45) is 0 Å². The van der Waals surface area contributed by atoms with Crippen LogP contribution in [0.4, 0.5) is 0 Å². The van der Waals surface area contributed by atoms with Crippen molar-refractivity contribution in [2.45, 2.75) is 19.3 Å². The van der Waals surface area contributed by atoms with Gasteiger partial charge >= 0.3 is 0 Å². The van der Waals surface area contributed by atoms with Gasteiger partial charge in [0.15, 0.2) is 0 Å². The monoisotopic (exact) mass is 236 g/mol. The molecule has 1 aromatic rings. The summed E-state index contributed by atoms with van der Waals surface area (Å²) in [6.07, 6.45) is 3.98. The van der Waals surface area contributed by atoms with Crippen LogP contribution in [0, 0.1) is 0 Å². The SMILES string of the molecule is COc1cc(C2=CCC(=O)CC2)ccc1Cl. The lowest BCUT2D eigenvalue weighted by atomic mass is 9.93. The van der Waals surface area contributed by atoms with Crippen molar-refractivity contribution in [1.29, 1.82) is 0 Å². The molecule has 1 aromatic carbocycles. The Morgan fingerprint density at radius 2 is 2.12 bits per heavy atom. The summed E-state index contributed by atoms with van der Waals surface area (Å²) < 4.78 is 5.17. The Morgan fingerprint density at radius 1 is 1.31 bits per heavy atom. The van der Waals surface area contributed by atoms with E-state index in [9.17, 15) is 4.79 Å². The van der Waals surface area contributed by atoms with E-state index in [1.807, 2.05) is 24.3 Å². The molecule has 1 aliphatic rings. The molecule has 84 valence electrons. The molecule has 0 unspecified atom stereocenters. The first kappa shape index (κ1) is 11.2. The fourth-order valence-electron chi connectivity index (χ4n) is 1.84. The van der Waals surface area contributed by atoms with Gasteiger partial charge in [0.05, 0.1) is 12.1 Å². The summed E-state index contributed by atoms with van der Waals surface area (Å²) in [4.78, 5) is 11.1. The van der Waals surface area contributed by atoms with Gasteiger partial charge in [0.1, 0.15) is 11.5 Å². The number of methoxy groups -OCH3 is 1. The van der Waals surface area contributed by atoms with Gasteiger partial charge in [-0.15, -0.1) is 0 Å². The van der Waals surface area contributed by atoms with Crippen molar-refractivity contribution < 1.29 is 9.53 Å². The largest absolute Gasteiger partial charge is 0.495 e. The molecule has 0 heterocycles. The van der Waals surface area contributed by atoms with Crippen molar-refractivity contribution in [3.63, 3.8) is 0 Å². The van der Waals surface area contributed by atoms with Crippen molar-refractivity contribution in [3.05, 3.63) is 34.9 Å². The number of carbonyl (C=O) groups excluding carboxylic acids is 1. The van der Waals surface area contributed by atoms with Crippen LogP contribution in [0.3, 0.4) is 0 Å². The number of ketones is 1. The van der Waals surface area contributed by atoms with E-state index < -0.39 is 0 Å². The van der Waals surface area contributed by atoms with Crippen LogP contribution in [0.25, 0.3) is 5.57 Å². The molecule has 0 fully saturated rings. The lowest BCUT2D eigenvalue weighted by Gasteiger charge is -2.13. The fraction of sp³-hybridized carbons (Fsp3) is 0.308. The minimum absolute atomic E-state index is 0.310. The van der Waals surface area contributed by atoms with Crippen LogP contribution in [-0.4, -0.2) is 12.9 Å². The van der Waals surface area contributed by atoms with E-state index in [0.29, 0.717) is 29.4 Å². The molecule has 1 aliphatic carbocycles. The number of allylic oxidation sites excluding steroid dienone is 2. The molecule has 0 aromatic heterocycles. The maximum absolute atomic E-state index is 11.1. The van der Waals surface area contributed by atoms with Crippen LogP contribution >= 0.6 is 11.6 Å². The third-order valence-corrected chi connectivity index (χ3v) is 3.08. The fourth-order valence-corrected chi connectivity index (χ4v) is 2.03. The smallest absolute Gasteiger partial charge is 0.138 e. The number of hydrogen-bond donors (Lipinski definition) is 0. The third-order valence-electron chi connectivity index (χ3n) is 2.77. The van der Waals surface area contributed by atoms with E-state index in [-0.39, 0.29) is 0 Å². The highest BCUT2D eigenvalue weighted by molar-refractivity contribution is 6.32. The average Bonchev–Trinajstić information content (AvgIpc) is 2.31. The Balaban J connectivity index is 2.30. The maximum atomic E-state index is 11.1. The minimum atomic E-state index is 0.310. The van der Waals surface area contributed by atoms with E-state index in [4.69, 9.17) is 16.3 Å². The summed E-state index contributed by atoms with van der Waals surface area (Å²) in [5.74, 6) is 0.988. The zero-order valence-electron chi connectivity index (χ0n) is 9.13. The summed E-state index contributed by atoms with van der Waals surface area (Å²) in [5, 5.41) is 0.610. The highest BCUT2D eigenvalue weighted by Crippen LogP contribution is 2.31. The van der Waals surface area contributed by atoms with Crippen LogP contribution in [0.1, 0.15) is 24.8 Å². The highest BCUT2D eigenvalue weighted by atomic mass is 35.5. The number of benzene rings is 1. The molecule has 0 atom stereocenters. The molecule has 0 radical (unpaired) electrons. The van der Waals surface area contributed by atoms with Crippen LogP contribution in [0.2, 0.25) is 5.02 Å². The molecule has 2 nitrogen and oxygen atoms in total. The lowest BCUT2D eigenvalue weighted by molar-refractivity contribution is -0.118. The normalized spacial score (nSPS) is 15.9. The quantitative estimate of drug-likeness (QED) is 0.786. The number of halogens is 1. The molecule has 0 saturated carbocycles. The molecule has 2 rings (SSSR count). The van der Waals surface area contributed by atoms with Gasteiger partial charge in [0.25, 0.3) is 0 Å². The van der Waals surface area contributed by atoms with Crippen LogP contribution < -0.4 is 4.74 Å². The minimum Gasteiger partial charge on any atom is -0.495 e. The second-order valence-electron chi connectivity index (χ2n) is 3.82. The molecule has 0 aliphatic heterocycles. The Labute approximate surface area is 99.9 Å². The maximum Gasteiger partial charge on any atom is 0.138 e. The van der Waals surface area contributed by atoms with Gasteiger partial charge < -0.3 is 4.74 Å². The summed E-state index contributed by atoms with van der Waals surface area (Å²) in [5.41, 5.74) is 2.29. The Kier molecular flexibility index (Phi) is 3.30. The van der Waals surface area contributed by atoms with E-state index >= 15 is 0 Å². The predicted octanol–water partition coefficient (Wildman–Crippen LogP) is 3.49. The first-order chi connectivity index (χ1) is 7.70. The highest BCUT2D eigenvalue weighted by Gasteiger charge is 2.13. The number of rotatable bonds is 2. The second-order valence-corrected chi connectivity index (χ2v) is 4.23. The molecule has 16 heavy (non-hydrogen) atoms. The summed E-state index contributed by atoms with van der Waals surface area (Å²) >= 11 is 5.96. The predicted molar refractivity (Wildman–Crippen MR) is 64.8 cm³/mol. The zero-order valence-corrected chi connectivity index (χ0v) is 9.88. The summed E-state index contributed by atoms with van der Waals surface area (Å²) in [7, 11) is 1.60. The van der Waals surface area contributed by atoms with Crippen molar-refractivity contribution >= 4 is 23.0 Å². The molecule has 3 heteroatoms. The summed E-state index contributed by atoms with van der Waals surface area (Å²) in [6.45, 7) is 0. The van der Waals surface area contributed by atoms with Crippen molar-refractivity contribution in [2.75, 3.05) is 7.11 Å². The van der Waals surface area contributed by atoms with E-state index in [1.165, 1.54) is 5.57 Å². The standard InChI is InChI=1S/C13H13ClO2/c1-16-13-8-10(4-7-12(13)14)9-2-5-11(15)6-3-9/h2,4,7-8H,3,5-6H2,1H3. The molecule has 0 bridgehead atoms. The van der Waals surface area contributed by atoms with E-state index in [1.54, 1.807) is 7.11 Å². The first-order valence-corrected chi connectivity index (χ1v) is 5.63. The zero-order chi connectivity index (χ0) is 11.5. The van der Waals surface area contributed by atoms with Gasteiger partial charge in [0.2, 0.25) is 0 Å². The Bertz CT molecular complexity index is 449. The molecule has 0 saturated heterocycles. The van der Waals surface area contributed by atoms with Crippen LogP contribution in [0.15, 0.2) is 24.3 Å². The number of ether oxygens (including phenoxy) is 1. The van der Waals surface area contributed by atoms with Crippen molar-refractivity contribution in [1.82, 2.24) is 0 Å². The van der Waals surface area contributed by atoms with Crippen LogP contribution in [0.5, 0.6) is 5.75 Å². The lowest BCUT2D eigenvalue weighted by Crippen LogP contribution is -2.03. The first-order valence-electron chi connectivity index (χ1n) is 5.25. The number of carbonyl (C=O) groups is 1. The number of hydrogen-bond acceptors (Lipinski definition) is 2. The molecular formula is C13H13ClO2. The second kappa shape index (κ2) is 4.71. The van der Waals surface area contributed by atoms with Crippen molar-refractivity contribution in [3.8, 4) is 5.75 Å². The molecule has 0 spiro atoms. The van der Waals surface area contributed by atoms with Gasteiger partial charge in [0, 0.05) is 12.8 Å². The van der Waals surface area contributed by atoms with Gasteiger partial charge in [-0.2, -0.15) is 0 Å². The third kappa shape index (κ3) is 2.27. The van der Waals surface area contributed by atoms with Gasteiger partial charge in [-0.25, -0.2) is 0 Å². The topological polar surface area (TPSA) is 26.3 Å². The number of Topliss-reactive ketones (excluding diaryl/α,β-unsaturated/α-hetero) is 1. The Morgan fingerprint density at radius 3 is 2.75 bits per heavy atom. The molecule has 0 N–H and O–H groups in total. The summed E-state index contributed by atoms with van der Waals surface area (Å²) in [6, 6.07) is 5.71. The Hall–Kier alpha value is -1.28. The van der Waals surface area contributed by atoms with E-state index in [2.05, 4.69) is 0 Å². The molecular weight excluding hydrogens is 224 g/mol.